The molecule has 0 atom stereocenters. The van der Waals surface area contributed by atoms with Crippen LogP contribution in [-0.2, 0) is 9.47 Å². The smallest absolute Gasteiger partial charge is 0.355 e. The molecule has 0 fully saturated rings. The van der Waals surface area contributed by atoms with Gasteiger partial charge in [0.1, 0.15) is 5.69 Å². The Hall–Kier alpha value is -3.03. The topological polar surface area (TPSA) is 90.4 Å². The van der Waals surface area contributed by atoms with Gasteiger partial charge in [-0.25, -0.2) is 9.59 Å². The van der Waals surface area contributed by atoms with Crippen molar-refractivity contribution < 1.29 is 23.9 Å². The molecule has 0 bridgehead atoms. The number of esters is 2. The van der Waals surface area contributed by atoms with E-state index in [1.54, 1.807) is 52.0 Å². The summed E-state index contributed by atoms with van der Waals surface area (Å²) in [6.45, 7) is 8.41. The Morgan fingerprint density at radius 2 is 1.67 bits per heavy atom. The van der Waals surface area contributed by atoms with E-state index in [1.165, 1.54) is 0 Å². The van der Waals surface area contributed by atoms with Gasteiger partial charge in [0, 0.05) is 28.3 Å². The predicted octanol–water partition coefficient (Wildman–Crippen LogP) is 5.56. The van der Waals surface area contributed by atoms with E-state index < -0.39 is 18.5 Å². The number of aryl methyl sites for hydroxylation is 2. The van der Waals surface area contributed by atoms with E-state index in [1.807, 2.05) is 11.5 Å². The van der Waals surface area contributed by atoms with Crippen LogP contribution in [0.15, 0.2) is 24.3 Å². The van der Waals surface area contributed by atoms with Crippen LogP contribution in [0.25, 0.3) is 5.69 Å². The van der Waals surface area contributed by atoms with E-state index in [9.17, 15) is 14.4 Å². The third-order valence-corrected chi connectivity index (χ3v) is 6.09. The van der Waals surface area contributed by atoms with Crippen LogP contribution in [0.5, 0.6) is 0 Å². The zero-order valence-electron chi connectivity index (χ0n) is 19.0. The Bertz CT molecular complexity index is 1260. The van der Waals surface area contributed by atoms with E-state index in [2.05, 4.69) is 4.98 Å². The fourth-order valence-electron chi connectivity index (χ4n) is 3.81. The summed E-state index contributed by atoms with van der Waals surface area (Å²) < 4.78 is 12.2. The number of carbonyl (C=O) groups is 3. The second-order valence-corrected chi connectivity index (χ2v) is 8.38. The summed E-state index contributed by atoms with van der Waals surface area (Å²) in [7, 11) is 0. The van der Waals surface area contributed by atoms with Gasteiger partial charge in [-0.2, -0.15) is 0 Å². The highest BCUT2D eigenvalue weighted by Gasteiger charge is 2.25. The number of ketones is 1. The van der Waals surface area contributed by atoms with Gasteiger partial charge in [-0.05, 0) is 64.4 Å². The molecule has 0 aliphatic rings. The molecule has 9 heteroatoms. The first-order valence-corrected chi connectivity index (χ1v) is 11.0. The molecule has 0 spiro atoms. The van der Waals surface area contributed by atoms with E-state index in [0.29, 0.717) is 32.6 Å². The molecule has 0 radical (unpaired) electrons. The molecule has 0 aliphatic carbocycles. The number of aromatic amines is 1. The molecule has 2 aromatic heterocycles. The van der Waals surface area contributed by atoms with Crippen LogP contribution in [0.4, 0.5) is 0 Å². The molecule has 174 valence electrons. The van der Waals surface area contributed by atoms with Crippen LogP contribution in [0.2, 0.25) is 10.0 Å². The molecule has 2 heterocycles. The van der Waals surface area contributed by atoms with Gasteiger partial charge in [-0.1, -0.05) is 23.2 Å². The maximum Gasteiger partial charge on any atom is 0.355 e. The van der Waals surface area contributed by atoms with Crippen LogP contribution in [0.3, 0.4) is 0 Å². The lowest BCUT2D eigenvalue weighted by Crippen LogP contribution is -2.16. The Morgan fingerprint density at radius 1 is 0.970 bits per heavy atom. The van der Waals surface area contributed by atoms with Crippen molar-refractivity contribution in [2.75, 3.05) is 13.2 Å². The summed E-state index contributed by atoms with van der Waals surface area (Å²) in [5.74, 6) is -1.59. The first kappa shape index (κ1) is 24.6. The minimum atomic E-state index is -0.691. The Kier molecular flexibility index (Phi) is 7.34. The molecular formula is C24H24Cl2N2O5. The van der Waals surface area contributed by atoms with Crippen LogP contribution in [0, 0.1) is 27.7 Å². The van der Waals surface area contributed by atoms with Crippen LogP contribution < -0.4 is 0 Å². The number of hydrogen-bond acceptors (Lipinski definition) is 5. The molecule has 0 unspecified atom stereocenters. The Balaban J connectivity index is 1.79. The number of H-pyrrole nitrogens is 1. The van der Waals surface area contributed by atoms with Crippen molar-refractivity contribution >= 4 is 40.9 Å². The van der Waals surface area contributed by atoms with Gasteiger partial charge in [0.25, 0.3) is 0 Å². The zero-order valence-corrected chi connectivity index (χ0v) is 20.5. The van der Waals surface area contributed by atoms with Crippen molar-refractivity contribution in [3.8, 4) is 5.69 Å². The number of carbonyl (C=O) groups excluding carboxylic acids is 3. The second-order valence-electron chi connectivity index (χ2n) is 7.56. The first-order chi connectivity index (χ1) is 15.6. The summed E-state index contributed by atoms with van der Waals surface area (Å²) in [6.07, 6.45) is 0. The number of aromatic nitrogens is 2. The normalized spacial score (nSPS) is 10.9. The first-order valence-electron chi connectivity index (χ1n) is 10.3. The van der Waals surface area contributed by atoms with Crippen molar-refractivity contribution in [2.45, 2.75) is 34.6 Å². The Morgan fingerprint density at radius 3 is 2.30 bits per heavy atom. The molecule has 0 saturated heterocycles. The molecule has 3 rings (SSSR count). The minimum absolute atomic E-state index is 0.192. The highest BCUT2D eigenvalue weighted by Crippen LogP contribution is 2.28. The fraction of sp³-hybridized carbons (Fsp3) is 0.292. The second kappa shape index (κ2) is 9.85. The van der Waals surface area contributed by atoms with Gasteiger partial charge in [0.05, 0.1) is 22.2 Å². The van der Waals surface area contributed by atoms with Crippen LogP contribution >= 0.6 is 23.2 Å². The summed E-state index contributed by atoms with van der Waals surface area (Å²) >= 11 is 12.2. The summed E-state index contributed by atoms with van der Waals surface area (Å²) in [4.78, 5) is 40.5. The number of benzene rings is 1. The van der Waals surface area contributed by atoms with E-state index in [-0.39, 0.29) is 23.6 Å². The minimum Gasteiger partial charge on any atom is -0.461 e. The van der Waals surface area contributed by atoms with Gasteiger partial charge < -0.3 is 19.0 Å². The lowest BCUT2D eigenvalue weighted by Gasteiger charge is -2.11. The molecule has 0 amide bonds. The molecular weight excluding hydrogens is 467 g/mol. The van der Waals surface area contributed by atoms with Crippen LogP contribution in [-0.4, -0.2) is 40.5 Å². The molecule has 33 heavy (non-hydrogen) atoms. The number of nitrogens with one attached hydrogen (secondary N) is 1. The van der Waals surface area contributed by atoms with E-state index in [0.717, 1.165) is 11.4 Å². The molecule has 7 nitrogen and oxygen atoms in total. The maximum atomic E-state index is 12.9. The fourth-order valence-corrected chi connectivity index (χ4v) is 4.10. The molecule has 1 aromatic carbocycles. The quantitative estimate of drug-likeness (QED) is 0.345. The number of halogens is 2. The lowest BCUT2D eigenvalue weighted by molar-refractivity contribution is 0.0473. The van der Waals surface area contributed by atoms with Crippen LogP contribution in [0.1, 0.15) is 60.8 Å². The summed E-state index contributed by atoms with van der Waals surface area (Å²) in [5.41, 5.74) is 3.99. The third kappa shape index (κ3) is 4.84. The number of ether oxygens (including phenoxy) is 2. The van der Waals surface area contributed by atoms with Gasteiger partial charge >= 0.3 is 11.9 Å². The van der Waals surface area contributed by atoms with Crippen molar-refractivity contribution in [1.82, 2.24) is 9.55 Å². The third-order valence-electron chi connectivity index (χ3n) is 5.35. The predicted molar refractivity (Wildman–Crippen MR) is 126 cm³/mol. The maximum absolute atomic E-state index is 12.9. The SMILES string of the molecule is CCOC(=O)c1[nH]c(C)c(C(=O)OCC(=O)c2cc(C)n(-c3ccc(Cl)c(Cl)c3)c2C)c1C. The number of rotatable bonds is 7. The van der Waals surface area contributed by atoms with Gasteiger partial charge in [0.15, 0.2) is 6.61 Å². The van der Waals surface area contributed by atoms with E-state index >= 15 is 0 Å². The lowest BCUT2D eigenvalue weighted by atomic mass is 10.1. The van der Waals surface area contributed by atoms with Gasteiger partial charge in [0.2, 0.25) is 5.78 Å². The monoisotopic (exact) mass is 490 g/mol. The van der Waals surface area contributed by atoms with Crippen molar-refractivity contribution in [2.24, 2.45) is 0 Å². The molecule has 3 aromatic rings. The highest BCUT2D eigenvalue weighted by molar-refractivity contribution is 6.42. The van der Waals surface area contributed by atoms with E-state index in [4.69, 9.17) is 32.7 Å². The number of Topliss-reactive ketones (excluding diaryl/α,β-unsaturated/α-hetero) is 1. The zero-order chi connectivity index (χ0) is 24.4. The summed E-state index contributed by atoms with van der Waals surface area (Å²) in [5, 5.41) is 0.843. The largest absolute Gasteiger partial charge is 0.461 e. The van der Waals surface area contributed by atoms with Crippen molar-refractivity contribution in [1.29, 1.82) is 0 Å². The average molecular weight is 491 g/mol. The molecule has 0 aliphatic heterocycles. The van der Waals surface area contributed by atoms with Gasteiger partial charge in [-0.3, -0.25) is 4.79 Å². The number of hydrogen-bond donors (Lipinski definition) is 1. The van der Waals surface area contributed by atoms with Crippen molar-refractivity contribution in [3.05, 3.63) is 73.8 Å². The highest BCUT2D eigenvalue weighted by atomic mass is 35.5. The number of nitrogens with zero attached hydrogens (tertiary/aromatic N) is 1. The standard InChI is InChI=1S/C24H24Cl2N2O5/c1-6-32-24(31)22-13(3)21(14(4)27-22)23(30)33-11-20(29)17-9-12(2)28(15(17)5)16-7-8-18(25)19(26)10-16/h7-10,27H,6,11H2,1-5H3. The average Bonchev–Trinajstić information content (AvgIpc) is 3.23. The van der Waals surface area contributed by atoms with Gasteiger partial charge in [-0.15, -0.1) is 0 Å². The van der Waals surface area contributed by atoms with Crippen molar-refractivity contribution in [3.63, 3.8) is 0 Å². The molecule has 0 saturated carbocycles. The summed E-state index contributed by atoms with van der Waals surface area (Å²) in [6, 6.07) is 6.95. The molecule has 1 N–H and O–H groups in total. The Labute approximate surface area is 201 Å².